The summed E-state index contributed by atoms with van der Waals surface area (Å²) in [5.41, 5.74) is 24.3. The third kappa shape index (κ3) is 8.33. The fourth-order valence-corrected chi connectivity index (χ4v) is 9.15. The van der Waals surface area contributed by atoms with E-state index in [4.69, 9.17) is 9.97 Å². The van der Waals surface area contributed by atoms with E-state index in [2.05, 4.69) is 183 Å². The summed E-state index contributed by atoms with van der Waals surface area (Å²) in [6, 6.07) is 52.6. The van der Waals surface area contributed by atoms with Gasteiger partial charge in [0.05, 0.1) is 22.8 Å². The molecule has 0 saturated heterocycles. The Morgan fingerprint density at radius 1 is 0.333 bits per heavy atom. The van der Waals surface area contributed by atoms with E-state index in [1.165, 1.54) is 66.8 Å². The molecule has 0 radical (unpaired) electrons. The minimum absolute atomic E-state index is 0.904. The van der Waals surface area contributed by atoms with Crippen LogP contribution < -0.4 is 0 Å². The zero-order chi connectivity index (χ0) is 41.0. The Morgan fingerprint density at radius 3 is 1.10 bits per heavy atom. The lowest BCUT2D eigenvalue weighted by Gasteiger charge is -2.06. The Morgan fingerprint density at radius 2 is 0.667 bits per heavy atom. The monoisotopic (exact) mass is 782 g/mol. The minimum Gasteiger partial charge on any atom is -0.355 e. The van der Waals surface area contributed by atoms with Gasteiger partial charge >= 0.3 is 0 Å². The Labute approximate surface area is 354 Å². The summed E-state index contributed by atoms with van der Waals surface area (Å²) in [6.07, 6.45) is 7.52. The van der Waals surface area contributed by atoms with Gasteiger partial charge in [0.2, 0.25) is 0 Å². The summed E-state index contributed by atoms with van der Waals surface area (Å²) in [7, 11) is 0. The van der Waals surface area contributed by atoms with E-state index in [9.17, 15) is 0 Å². The van der Waals surface area contributed by atoms with Crippen LogP contribution in [0.3, 0.4) is 0 Å². The summed E-state index contributed by atoms with van der Waals surface area (Å²) in [5, 5.41) is 0. The lowest BCUT2D eigenvalue weighted by Crippen LogP contribution is -1.92. The van der Waals surface area contributed by atoms with Crippen molar-refractivity contribution in [2.45, 2.75) is 79.1 Å². The third-order valence-electron chi connectivity index (χ3n) is 12.8. The van der Waals surface area contributed by atoms with Crippen LogP contribution in [-0.2, 0) is 38.5 Å². The molecule has 60 heavy (non-hydrogen) atoms. The number of aryl methyl sites for hydroxylation is 8. The molecule has 298 valence electrons. The molecule has 7 aromatic rings. The summed E-state index contributed by atoms with van der Waals surface area (Å²) in [4.78, 5) is 18.8. The molecule has 0 unspecified atom stereocenters. The maximum atomic E-state index is 5.47. The van der Waals surface area contributed by atoms with Crippen LogP contribution in [-0.4, -0.2) is 19.9 Å². The van der Waals surface area contributed by atoms with E-state index in [1.807, 2.05) is 0 Å². The van der Waals surface area contributed by atoms with E-state index >= 15 is 0 Å². The van der Waals surface area contributed by atoms with Crippen LogP contribution in [0.2, 0.25) is 0 Å². The average Bonchev–Trinajstić information content (AvgIpc) is 3.94. The number of benzene rings is 4. The predicted molar refractivity (Wildman–Crippen MR) is 253 cm³/mol. The zero-order valence-corrected chi connectivity index (χ0v) is 35.4. The van der Waals surface area contributed by atoms with Crippen molar-refractivity contribution in [2.24, 2.45) is 0 Å². The van der Waals surface area contributed by atoms with Gasteiger partial charge in [-0.05, 0) is 170 Å². The van der Waals surface area contributed by atoms with Gasteiger partial charge in [0.1, 0.15) is 0 Å². The molecule has 2 aliphatic heterocycles. The SMILES string of the molecule is CC1=C(CCc2ccccc2)c2cc3nc(cc4[nH]c(cc5[nH]c(cc1n2)c(CCc1ccccc1)c5C)c(CCc1ccccc1)c4C)C(CCc1ccccc1)=C3C. The molecule has 2 N–H and O–H groups in total. The highest BCUT2D eigenvalue weighted by Gasteiger charge is 2.22. The molecule has 0 saturated carbocycles. The van der Waals surface area contributed by atoms with Gasteiger partial charge in [0, 0.05) is 22.1 Å². The van der Waals surface area contributed by atoms with Crippen molar-refractivity contribution >= 4 is 44.4 Å². The van der Waals surface area contributed by atoms with E-state index in [0.29, 0.717) is 0 Å². The van der Waals surface area contributed by atoms with Crippen molar-refractivity contribution in [2.75, 3.05) is 0 Å². The van der Waals surface area contributed by atoms with Crippen LogP contribution >= 0.6 is 0 Å². The summed E-state index contributed by atoms with van der Waals surface area (Å²) >= 11 is 0. The van der Waals surface area contributed by atoms with Gasteiger partial charge in [0.25, 0.3) is 0 Å². The Bertz CT molecular complexity index is 2880. The molecule has 0 aliphatic carbocycles. The fraction of sp³-hybridized carbons (Fsp3) is 0.214. The molecule has 4 nitrogen and oxygen atoms in total. The molecular formula is C56H54N4. The van der Waals surface area contributed by atoms with E-state index in [1.54, 1.807) is 0 Å². The number of nitrogens with one attached hydrogen (secondary N) is 2. The van der Waals surface area contributed by atoms with Gasteiger partial charge in [0.15, 0.2) is 0 Å². The second kappa shape index (κ2) is 17.4. The smallest absolute Gasteiger partial charge is 0.0694 e. The quantitative estimate of drug-likeness (QED) is 0.130. The van der Waals surface area contributed by atoms with Crippen LogP contribution in [0, 0.1) is 13.8 Å². The lowest BCUT2D eigenvalue weighted by atomic mass is 9.96. The number of fused-ring (bicyclic) bond motifs is 8. The highest BCUT2D eigenvalue weighted by atomic mass is 14.8. The number of H-pyrrole nitrogens is 2. The van der Waals surface area contributed by atoms with Gasteiger partial charge < -0.3 is 9.97 Å². The summed E-state index contributed by atoms with van der Waals surface area (Å²) in [6.45, 7) is 9.08. The second-order valence-electron chi connectivity index (χ2n) is 16.6. The van der Waals surface area contributed by atoms with Crippen molar-refractivity contribution in [3.63, 3.8) is 0 Å². The van der Waals surface area contributed by atoms with E-state index in [0.717, 1.165) is 96.2 Å². The molecular weight excluding hydrogens is 729 g/mol. The summed E-state index contributed by atoms with van der Waals surface area (Å²) < 4.78 is 0. The average molecular weight is 783 g/mol. The first-order valence-electron chi connectivity index (χ1n) is 21.7. The highest BCUT2D eigenvalue weighted by molar-refractivity contribution is 5.95. The number of hydrogen-bond donors (Lipinski definition) is 2. The fourth-order valence-electron chi connectivity index (χ4n) is 9.15. The Hall–Kier alpha value is -6.52. The normalized spacial score (nSPS) is 12.7. The van der Waals surface area contributed by atoms with Gasteiger partial charge in [-0.15, -0.1) is 0 Å². The molecule has 0 fully saturated rings. The first kappa shape index (κ1) is 39.0. The molecule has 0 amide bonds. The van der Waals surface area contributed by atoms with Crippen molar-refractivity contribution in [3.05, 3.63) is 213 Å². The predicted octanol–water partition coefficient (Wildman–Crippen LogP) is 13.6. The van der Waals surface area contributed by atoms with Crippen LogP contribution in [0.4, 0.5) is 0 Å². The van der Waals surface area contributed by atoms with Crippen molar-refractivity contribution in [1.29, 1.82) is 0 Å². The molecule has 2 aliphatic rings. The van der Waals surface area contributed by atoms with Crippen molar-refractivity contribution in [1.82, 2.24) is 19.9 Å². The zero-order valence-electron chi connectivity index (χ0n) is 35.4. The lowest BCUT2D eigenvalue weighted by molar-refractivity contribution is 0.962. The number of aromatic nitrogens is 4. The maximum absolute atomic E-state index is 5.47. The maximum Gasteiger partial charge on any atom is 0.0694 e. The first-order valence-corrected chi connectivity index (χ1v) is 21.7. The molecule has 8 bridgehead atoms. The van der Waals surface area contributed by atoms with E-state index < -0.39 is 0 Å². The molecule has 5 heterocycles. The largest absolute Gasteiger partial charge is 0.355 e. The molecule has 4 heteroatoms. The van der Waals surface area contributed by atoms with Crippen molar-refractivity contribution < 1.29 is 0 Å². The molecule has 9 rings (SSSR count). The summed E-state index contributed by atoms with van der Waals surface area (Å²) in [5.74, 6) is 0. The standard InChI is InChI=1S/C56H54N4/c1-37-45(29-25-41-17-9-5-10-18-41)53-34-50-39(3)47(31-27-43-21-13-7-14-22-43)55(59-50)36-52-40(4)48(32-28-44-23-15-8-16-24-44)56(60-52)35-51-38(2)46(54(58-51)33-49(37)57-53)30-26-42-19-11-6-12-20-42/h5-24,33-36,57-58H,25-32H2,1-4H3. The van der Waals surface area contributed by atoms with Gasteiger partial charge in [-0.1, -0.05) is 121 Å². The van der Waals surface area contributed by atoms with E-state index in [-0.39, 0.29) is 0 Å². The molecule has 0 spiro atoms. The molecule has 4 aromatic carbocycles. The van der Waals surface area contributed by atoms with Crippen LogP contribution in [0.25, 0.3) is 44.4 Å². The Balaban J connectivity index is 1.26. The molecule has 3 aromatic heterocycles. The number of rotatable bonds is 12. The number of nitrogens with zero attached hydrogens (tertiary/aromatic N) is 2. The second-order valence-corrected chi connectivity index (χ2v) is 16.6. The number of allylic oxidation sites excluding steroid dienone is 4. The highest BCUT2D eigenvalue weighted by Crippen LogP contribution is 2.38. The topological polar surface area (TPSA) is 57.4 Å². The van der Waals surface area contributed by atoms with Gasteiger partial charge in [-0.25, -0.2) is 9.97 Å². The number of aromatic amines is 2. The third-order valence-corrected chi connectivity index (χ3v) is 12.8. The minimum atomic E-state index is 0.904. The van der Waals surface area contributed by atoms with Crippen LogP contribution in [0.5, 0.6) is 0 Å². The Kier molecular flexibility index (Phi) is 11.3. The van der Waals surface area contributed by atoms with Gasteiger partial charge in [-0.3, -0.25) is 0 Å². The number of hydrogen-bond acceptors (Lipinski definition) is 2. The first-order chi connectivity index (χ1) is 29.4. The van der Waals surface area contributed by atoms with Crippen LogP contribution in [0.15, 0.2) is 146 Å². The van der Waals surface area contributed by atoms with Crippen LogP contribution in [0.1, 0.15) is 94.0 Å². The van der Waals surface area contributed by atoms with Crippen molar-refractivity contribution in [3.8, 4) is 0 Å². The van der Waals surface area contributed by atoms with Gasteiger partial charge in [-0.2, -0.15) is 0 Å². The molecule has 0 atom stereocenters.